The number of nitrogens with zero attached hydrogens (tertiary/aromatic N) is 1. The summed E-state index contributed by atoms with van der Waals surface area (Å²) in [7, 11) is 0. The van der Waals surface area contributed by atoms with Gasteiger partial charge in [-0.05, 0) is 58.8 Å². The monoisotopic (exact) mass is 541 g/mol. The number of imide groups is 1. The number of amides is 2. The fraction of sp³-hybridized carbons (Fsp3) is 0.160. The normalized spacial score (nSPS) is 14.8. The van der Waals surface area contributed by atoms with Gasteiger partial charge >= 0.3 is 5.97 Å². The summed E-state index contributed by atoms with van der Waals surface area (Å²) in [4.78, 5) is 36.3. The van der Waals surface area contributed by atoms with Gasteiger partial charge in [0.1, 0.15) is 13.2 Å². The molecule has 0 spiro atoms. The number of hydrogen-bond acceptors (Lipinski definition) is 6. The summed E-state index contributed by atoms with van der Waals surface area (Å²) in [5.74, 6) is -0.880. The number of carbonyl (C=O) groups is 3. The van der Waals surface area contributed by atoms with E-state index in [1.807, 2.05) is 49.4 Å². The van der Waals surface area contributed by atoms with E-state index in [1.165, 1.54) is 6.08 Å². The fourth-order valence-corrected chi connectivity index (χ4v) is 4.80. The van der Waals surface area contributed by atoms with Crippen LogP contribution >= 0.6 is 27.7 Å². The summed E-state index contributed by atoms with van der Waals surface area (Å²) in [6.07, 6.45) is 1.54. The van der Waals surface area contributed by atoms with Crippen molar-refractivity contribution in [1.29, 1.82) is 0 Å². The molecule has 174 valence electrons. The van der Waals surface area contributed by atoms with Gasteiger partial charge in [0.2, 0.25) is 0 Å². The van der Waals surface area contributed by atoms with Crippen LogP contribution in [0.15, 0.2) is 64.0 Å². The first-order chi connectivity index (χ1) is 16.4. The number of rotatable bonds is 8. The van der Waals surface area contributed by atoms with Gasteiger partial charge in [0, 0.05) is 4.47 Å². The van der Waals surface area contributed by atoms with Crippen molar-refractivity contribution in [3.05, 3.63) is 75.1 Å². The van der Waals surface area contributed by atoms with Crippen LogP contribution in [-0.2, 0) is 16.2 Å². The van der Waals surface area contributed by atoms with Crippen LogP contribution in [0.1, 0.15) is 18.1 Å². The lowest BCUT2D eigenvalue weighted by Crippen LogP contribution is -2.33. The maximum Gasteiger partial charge on any atom is 0.323 e. The van der Waals surface area contributed by atoms with Crippen LogP contribution in [-0.4, -0.2) is 40.3 Å². The van der Waals surface area contributed by atoms with Gasteiger partial charge in [-0.25, -0.2) is 0 Å². The average molecular weight is 542 g/mol. The van der Waals surface area contributed by atoms with E-state index < -0.39 is 23.7 Å². The number of ether oxygens (including phenoxy) is 2. The summed E-state index contributed by atoms with van der Waals surface area (Å²) in [5, 5.41) is 10.6. The molecule has 0 radical (unpaired) electrons. The van der Waals surface area contributed by atoms with E-state index in [0.717, 1.165) is 16.3 Å². The van der Waals surface area contributed by atoms with Gasteiger partial charge in [-0.2, -0.15) is 0 Å². The summed E-state index contributed by atoms with van der Waals surface area (Å²) < 4.78 is 12.5. The molecule has 0 aliphatic carbocycles. The van der Waals surface area contributed by atoms with E-state index in [4.69, 9.17) is 14.6 Å². The standard InChI is InChI=1S/C25H20BrNO6S/c1-2-32-20-10-17(11-22-24(30)27(13-23(28)29)25(31)34-22)19(26)12-21(20)33-14-16-8-5-7-15-6-3-4-9-18(15)16/h3-12H,2,13-14H2,1H3,(H,28,29)/b22-11+. The Bertz CT molecular complexity index is 1320. The number of benzene rings is 3. The number of fused-ring (bicyclic) bond motifs is 1. The van der Waals surface area contributed by atoms with Crippen molar-refractivity contribution in [2.24, 2.45) is 0 Å². The van der Waals surface area contributed by atoms with Gasteiger partial charge in [0.15, 0.2) is 11.5 Å². The number of aliphatic carboxylic acids is 1. The highest BCUT2D eigenvalue weighted by Gasteiger charge is 2.36. The minimum Gasteiger partial charge on any atom is -0.490 e. The molecule has 0 unspecified atom stereocenters. The number of hydrogen-bond donors (Lipinski definition) is 1. The molecule has 0 bridgehead atoms. The van der Waals surface area contributed by atoms with E-state index in [9.17, 15) is 14.4 Å². The molecule has 3 aromatic rings. The van der Waals surface area contributed by atoms with Gasteiger partial charge in [-0.3, -0.25) is 19.3 Å². The molecule has 7 nitrogen and oxygen atoms in total. The Kier molecular flexibility index (Phi) is 7.23. The highest BCUT2D eigenvalue weighted by molar-refractivity contribution is 9.10. The number of carboxylic acid groups (broad SMARTS) is 1. The third-order valence-corrected chi connectivity index (χ3v) is 6.67. The van der Waals surface area contributed by atoms with E-state index in [0.29, 0.717) is 51.4 Å². The highest BCUT2D eigenvalue weighted by atomic mass is 79.9. The van der Waals surface area contributed by atoms with Crippen LogP contribution in [0, 0.1) is 0 Å². The van der Waals surface area contributed by atoms with E-state index in [1.54, 1.807) is 12.1 Å². The molecular weight excluding hydrogens is 522 g/mol. The number of thioether (sulfide) groups is 1. The lowest BCUT2D eigenvalue weighted by molar-refractivity contribution is -0.140. The first kappa shape index (κ1) is 23.8. The van der Waals surface area contributed by atoms with Crippen molar-refractivity contribution in [2.75, 3.05) is 13.2 Å². The number of halogens is 1. The molecular formula is C25H20BrNO6S. The Morgan fingerprint density at radius 3 is 2.59 bits per heavy atom. The molecule has 1 aliphatic heterocycles. The third-order valence-electron chi connectivity index (χ3n) is 5.08. The molecule has 34 heavy (non-hydrogen) atoms. The van der Waals surface area contributed by atoms with Crippen LogP contribution in [0.2, 0.25) is 0 Å². The quantitative estimate of drug-likeness (QED) is 0.365. The fourth-order valence-electron chi connectivity index (χ4n) is 3.53. The van der Waals surface area contributed by atoms with Gasteiger partial charge in [-0.15, -0.1) is 0 Å². The minimum atomic E-state index is -1.25. The lowest BCUT2D eigenvalue weighted by Gasteiger charge is -2.15. The SMILES string of the molecule is CCOc1cc(/C=C2/SC(=O)N(CC(=O)O)C2=O)c(Br)cc1OCc1cccc2ccccc12. The molecule has 1 N–H and O–H groups in total. The maximum atomic E-state index is 12.5. The molecule has 0 aromatic heterocycles. The van der Waals surface area contributed by atoms with Crippen LogP contribution < -0.4 is 9.47 Å². The number of carboxylic acids is 1. The third kappa shape index (κ3) is 5.10. The van der Waals surface area contributed by atoms with Gasteiger partial charge < -0.3 is 14.6 Å². The summed E-state index contributed by atoms with van der Waals surface area (Å²) in [6, 6.07) is 17.6. The minimum absolute atomic E-state index is 0.138. The van der Waals surface area contributed by atoms with Gasteiger partial charge in [0.25, 0.3) is 11.1 Å². The molecule has 3 aromatic carbocycles. The molecule has 9 heteroatoms. The Morgan fingerprint density at radius 1 is 1.09 bits per heavy atom. The smallest absolute Gasteiger partial charge is 0.323 e. The second-order valence-electron chi connectivity index (χ2n) is 7.34. The van der Waals surface area contributed by atoms with E-state index in [-0.39, 0.29) is 4.91 Å². The molecule has 2 amide bonds. The summed E-state index contributed by atoms with van der Waals surface area (Å²) in [6.45, 7) is 1.92. The lowest BCUT2D eigenvalue weighted by atomic mass is 10.1. The van der Waals surface area contributed by atoms with Crippen molar-refractivity contribution in [3.63, 3.8) is 0 Å². The molecule has 1 heterocycles. The Balaban J connectivity index is 1.61. The maximum absolute atomic E-state index is 12.5. The Labute approximate surface area is 208 Å². The second-order valence-corrected chi connectivity index (χ2v) is 9.19. The molecule has 1 aliphatic rings. The topological polar surface area (TPSA) is 93.1 Å². The zero-order valence-electron chi connectivity index (χ0n) is 18.1. The molecule has 1 fully saturated rings. The second kappa shape index (κ2) is 10.3. The largest absolute Gasteiger partial charge is 0.490 e. The average Bonchev–Trinajstić information content (AvgIpc) is 3.07. The molecule has 1 saturated heterocycles. The van der Waals surface area contributed by atoms with Crippen LogP contribution in [0.25, 0.3) is 16.8 Å². The molecule has 4 rings (SSSR count). The van der Waals surface area contributed by atoms with Crippen LogP contribution in [0.3, 0.4) is 0 Å². The van der Waals surface area contributed by atoms with Crippen molar-refractivity contribution in [2.45, 2.75) is 13.5 Å². The Hall–Kier alpha value is -3.30. The van der Waals surface area contributed by atoms with Gasteiger partial charge in [-0.1, -0.05) is 58.4 Å². The van der Waals surface area contributed by atoms with Crippen molar-refractivity contribution in [3.8, 4) is 11.5 Å². The predicted molar refractivity (Wildman–Crippen MR) is 134 cm³/mol. The van der Waals surface area contributed by atoms with Crippen molar-refractivity contribution < 1.29 is 29.0 Å². The summed E-state index contributed by atoms with van der Waals surface area (Å²) >= 11 is 4.20. The van der Waals surface area contributed by atoms with Crippen molar-refractivity contribution in [1.82, 2.24) is 4.90 Å². The first-order valence-electron chi connectivity index (χ1n) is 10.4. The first-order valence-corrected chi connectivity index (χ1v) is 12.0. The molecule has 0 atom stereocenters. The van der Waals surface area contributed by atoms with Crippen molar-refractivity contribution >= 4 is 61.7 Å². The van der Waals surface area contributed by atoms with E-state index >= 15 is 0 Å². The number of carbonyl (C=O) groups excluding carboxylic acids is 2. The highest BCUT2D eigenvalue weighted by Crippen LogP contribution is 2.38. The zero-order chi connectivity index (χ0) is 24.2. The predicted octanol–water partition coefficient (Wildman–Crippen LogP) is 5.70. The van der Waals surface area contributed by atoms with E-state index in [2.05, 4.69) is 15.9 Å². The van der Waals surface area contributed by atoms with Crippen LogP contribution in [0.4, 0.5) is 4.79 Å². The van der Waals surface area contributed by atoms with Gasteiger partial charge in [0.05, 0.1) is 11.5 Å². The Morgan fingerprint density at radius 2 is 1.82 bits per heavy atom. The zero-order valence-corrected chi connectivity index (χ0v) is 20.5. The summed E-state index contributed by atoms with van der Waals surface area (Å²) in [5.41, 5.74) is 1.63. The van der Waals surface area contributed by atoms with Crippen LogP contribution in [0.5, 0.6) is 11.5 Å². The molecule has 0 saturated carbocycles.